The Morgan fingerprint density at radius 3 is 2.89 bits per heavy atom. The summed E-state index contributed by atoms with van der Waals surface area (Å²) in [5.41, 5.74) is 3.33. The van der Waals surface area contributed by atoms with Gasteiger partial charge in [-0.1, -0.05) is 35.1 Å². The Hall–Kier alpha value is -0.970. The van der Waals surface area contributed by atoms with Crippen LogP contribution < -0.4 is 5.32 Å². The van der Waals surface area contributed by atoms with Gasteiger partial charge in [-0.3, -0.25) is 0 Å². The molecule has 0 aliphatic heterocycles. The summed E-state index contributed by atoms with van der Waals surface area (Å²) in [6, 6.07) is 6.38. The first kappa shape index (κ1) is 14.4. The van der Waals surface area contributed by atoms with E-state index < -0.39 is 0 Å². The smallest absolute Gasteiger partial charge is 0.0928 e. The molecule has 0 aliphatic rings. The maximum absolute atomic E-state index is 6.31. The van der Waals surface area contributed by atoms with Crippen LogP contribution in [0.2, 0.25) is 5.02 Å². The number of hydrogen-bond acceptors (Lipinski definition) is 4. The Morgan fingerprint density at radius 2 is 2.26 bits per heavy atom. The molecule has 0 bridgehead atoms. The van der Waals surface area contributed by atoms with Crippen LogP contribution in [-0.4, -0.2) is 16.1 Å². The van der Waals surface area contributed by atoms with Gasteiger partial charge < -0.3 is 5.32 Å². The van der Waals surface area contributed by atoms with Gasteiger partial charge in [-0.2, -0.15) is 0 Å². The molecule has 0 fully saturated rings. The van der Waals surface area contributed by atoms with Gasteiger partial charge in [0.2, 0.25) is 0 Å². The van der Waals surface area contributed by atoms with Gasteiger partial charge >= 0.3 is 0 Å². The van der Waals surface area contributed by atoms with Crippen LogP contribution in [0.1, 0.15) is 36.2 Å². The van der Waals surface area contributed by atoms with E-state index in [4.69, 9.17) is 11.6 Å². The molecule has 1 atom stereocenters. The summed E-state index contributed by atoms with van der Waals surface area (Å²) < 4.78 is 3.95. The van der Waals surface area contributed by atoms with E-state index in [0.29, 0.717) is 0 Å². The fourth-order valence-corrected chi connectivity index (χ4v) is 2.78. The molecule has 0 radical (unpaired) electrons. The topological polar surface area (TPSA) is 37.8 Å². The second-order valence-electron chi connectivity index (χ2n) is 4.64. The molecule has 2 aromatic rings. The lowest BCUT2D eigenvalue weighted by atomic mass is 10.0. The van der Waals surface area contributed by atoms with Gasteiger partial charge in [0.15, 0.2) is 0 Å². The molecule has 0 saturated carbocycles. The average Bonchev–Trinajstić information content (AvgIpc) is 2.90. The molecule has 1 aromatic heterocycles. The normalized spacial score (nSPS) is 12.6. The minimum atomic E-state index is 0.180. The number of nitrogens with one attached hydrogen (secondary N) is 1. The summed E-state index contributed by atoms with van der Waals surface area (Å²) in [5, 5.41) is 10.5. The third kappa shape index (κ3) is 4.00. The maximum atomic E-state index is 6.31. The van der Waals surface area contributed by atoms with Gasteiger partial charge in [0.05, 0.1) is 11.7 Å². The number of aromatic nitrogens is 2. The van der Waals surface area contributed by atoms with Gasteiger partial charge in [0.25, 0.3) is 0 Å². The van der Waals surface area contributed by atoms with Crippen molar-refractivity contribution in [2.75, 3.05) is 6.54 Å². The van der Waals surface area contributed by atoms with E-state index in [1.807, 2.05) is 18.4 Å². The Morgan fingerprint density at radius 1 is 1.42 bits per heavy atom. The van der Waals surface area contributed by atoms with Crippen LogP contribution in [0.25, 0.3) is 0 Å². The van der Waals surface area contributed by atoms with Crippen molar-refractivity contribution in [2.24, 2.45) is 0 Å². The summed E-state index contributed by atoms with van der Waals surface area (Å²) >= 11 is 7.69. The van der Waals surface area contributed by atoms with Crippen LogP contribution in [0.15, 0.2) is 23.6 Å². The number of rotatable bonds is 6. The van der Waals surface area contributed by atoms with Crippen LogP contribution in [0.4, 0.5) is 0 Å². The lowest BCUT2D eigenvalue weighted by molar-refractivity contribution is 0.517. The highest BCUT2D eigenvalue weighted by Crippen LogP contribution is 2.24. The highest BCUT2D eigenvalue weighted by atomic mass is 35.5. The second-order valence-corrected chi connectivity index (χ2v) is 5.65. The monoisotopic (exact) mass is 295 g/mol. The van der Waals surface area contributed by atoms with Crippen molar-refractivity contribution in [3.63, 3.8) is 0 Å². The molecule has 0 amide bonds. The number of halogens is 1. The Balaban J connectivity index is 2.15. The molecule has 102 valence electrons. The van der Waals surface area contributed by atoms with Gasteiger partial charge in [-0.05, 0) is 55.0 Å². The molecule has 0 aliphatic carbocycles. The third-order valence-electron chi connectivity index (χ3n) is 3.01. The van der Waals surface area contributed by atoms with Crippen molar-refractivity contribution in [3.8, 4) is 0 Å². The fraction of sp³-hybridized carbons (Fsp3) is 0.429. The Labute approximate surface area is 123 Å². The van der Waals surface area contributed by atoms with E-state index in [2.05, 4.69) is 34.0 Å². The van der Waals surface area contributed by atoms with Gasteiger partial charge in [-0.15, -0.1) is 5.10 Å². The lowest BCUT2D eigenvalue weighted by Crippen LogP contribution is -2.24. The van der Waals surface area contributed by atoms with Gasteiger partial charge in [-0.25, -0.2) is 0 Å². The average molecular weight is 296 g/mol. The first-order valence-electron chi connectivity index (χ1n) is 6.46. The van der Waals surface area contributed by atoms with Gasteiger partial charge in [0.1, 0.15) is 0 Å². The van der Waals surface area contributed by atoms with Crippen LogP contribution in [-0.2, 0) is 6.42 Å². The van der Waals surface area contributed by atoms with Crippen molar-refractivity contribution in [3.05, 3.63) is 45.4 Å². The molecule has 2 rings (SSSR count). The van der Waals surface area contributed by atoms with E-state index in [-0.39, 0.29) is 6.04 Å². The molecular formula is C14H18ClN3S. The van der Waals surface area contributed by atoms with E-state index in [1.165, 1.54) is 17.1 Å². The molecule has 0 saturated heterocycles. The SMILES string of the molecule is CCCNC(Cc1ccc(C)cc1Cl)c1csnn1. The summed E-state index contributed by atoms with van der Waals surface area (Å²) in [6.07, 6.45) is 1.93. The van der Waals surface area contributed by atoms with Crippen molar-refractivity contribution in [1.82, 2.24) is 14.9 Å². The summed E-state index contributed by atoms with van der Waals surface area (Å²) in [7, 11) is 0. The molecule has 3 nitrogen and oxygen atoms in total. The predicted octanol–water partition coefficient (Wildman–Crippen LogP) is 3.78. The summed E-state index contributed by atoms with van der Waals surface area (Å²) in [4.78, 5) is 0. The lowest BCUT2D eigenvalue weighted by Gasteiger charge is -2.17. The molecule has 19 heavy (non-hydrogen) atoms. The molecule has 0 spiro atoms. The molecule has 5 heteroatoms. The van der Waals surface area contributed by atoms with Crippen LogP contribution in [0.3, 0.4) is 0 Å². The largest absolute Gasteiger partial charge is 0.308 e. The van der Waals surface area contributed by atoms with Crippen molar-refractivity contribution < 1.29 is 0 Å². The predicted molar refractivity (Wildman–Crippen MR) is 80.8 cm³/mol. The highest BCUT2D eigenvalue weighted by Gasteiger charge is 2.15. The molecular weight excluding hydrogens is 278 g/mol. The highest BCUT2D eigenvalue weighted by molar-refractivity contribution is 7.03. The van der Waals surface area contributed by atoms with Crippen LogP contribution in [0, 0.1) is 6.92 Å². The minimum absolute atomic E-state index is 0.180. The fourth-order valence-electron chi connectivity index (χ4n) is 1.96. The van der Waals surface area contributed by atoms with Crippen molar-refractivity contribution in [1.29, 1.82) is 0 Å². The van der Waals surface area contributed by atoms with E-state index in [9.17, 15) is 0 Å². The first-order valence-corrected chi connectivity index (χ1v) is 7.67. The summed E-state index contributed by atoms with van der Waals surface area (Å²) in [6.45, 7) is 5.17. The maximum Gasteiger partial charge on any atom is 0.0928 e. The Kier molecular flexibility index (Phi) is 5.31. The number of benzene rings is 1. The molecule has 1 heterocycles. The number of nitrogens with zero attached hydrogens (tertiary/aromatic N) is 2. The third-order valence-corrected chi connectivity index (χ3v) is 3.88. The zero-order valence-electron chi connectivity index (χ0n) is 11.2. The van der Waals surface area contributed by atoms with Crippen molar-refractivity contribution >= 4 is 23.1 Å². The first-order chi connectivity index (χ1) is 9.20. The second kappa shape index (κ2) is 6.98. The van der Waals surface area contributed by atoms with E-state index >= 15 is 0 Å². The summed E-state index contributed by atoms with van der Waals surface area (Å²) in [5.74, 6) is 0. The molecule has 1 aromatic carbocycles. The van der Waals surface area contributed by atoms with E-state index in [1.54, 1.807) is 0 Å². The van der Waals surface area contributed by atoms with Crippen LogP contribution in [0.5, 0.6) is 0 Å². The zero-order valence-corrected chi connectivity index (χ0v) is 12.8. The van der Waals surface area contributed by atoms with Crippen molar-refractivity contribution in [2.45, 2.75) is 32.7 Å². The minimum Gasteiger partial charge on any atom is -0.308 e. The van der Waals surface area contributed by atoms with Gasteiger partial charge in [0, 0.05) is 10.4 Å². The van der Waals surface area contributed by atoms with E-state index in [0.717, 1.165) is 35.7 Å². The Bertz CT molecular complexity index is 513. The quantitative estimate of drug-likeness (QED) is 0.881. The number of hydrogen-bond donors (Lipinski definition) is 1. The van der Waals surface area contributed by atoms with Crippen LogP contribution >= 0.6 is 23.1 Å². The molecule has 1 N–H and O–H groups in total. The zero-order chi connectivity index (χ0) is 13.7. The number of aryl methyl sites for hydroxylation is 1. The molecule has 1 unspecified atom stereocenters. The standard InChI is InChI=1S/C14H18ClN3S/c1-3-6-16-13(14-9-19-18-17-14)8-11-5-4-10(2)7-12(11)15/h4-5,7,9,13,16H,3,6,8H2,1-2H3.